The van der Waals surface area contributed by atoms with Crippen LogP contribution in [-0.4, -0.2) is 11.5 Å². The molecule has 1 aliphatic heterocycles. The molecule has 2 aromatic rings. The summed E-state index contributed by atoms with van der Waals surface area (Å²) in [7, 11) is 0. The van der Waals surface area contributed by atoms with Crippen LogP contribution in [0.15, 0.2) is 53.8 Å². The molecule has 0 radical (unpaired) electrons. The molecule has 2 nitrogen and oxygen atoms in total. The lowest BCUT2D eigenvalue weighted by molar-refractivity contribution is 0.960. The van der Waals surface area contributed by atoms with Crippen LogP contribution in [0.5, 0.6) is 0 Å². The van der Waals surface area contributed by atoms with Gasteiger partial charge in [0.05, 0.1) is 5.36 Å². The molecule has 0 amide bonds. The van der Waals surface area contributed by atoms with Crippen molar-refractivity contribution in [2.24, 2.45) is 4.99 Å². The van der Waals surface area contributed by atoms with E-state index in [4.69, 9.17) is 0 Å². The van der Waals surface area contributed by atoms with E-state index in [0.29, 0.717) is 0 Å². The minimum absolute atomic E-state index is 0.955. The molecule has 2 heterocycles. The maximum absolute atomic E-state index is 4.36. The van der Waals surface area contributed by atoms with Gasteiger partial charge in [0.25, 0.3) is 0 Å². The van der Waals surface area contributed by atoms with Gasteiger partial charge in [0.15, 0.2) is 0 Å². The van der Waals surface area contributed by atoms with Gasteiger partial charge in [0.2, 0.25) is 0 Å². The van der Waals surface area contributed by atoms with Gasteiger partial charge in [-0.1, -0.05) is 24.3 Å². The van der Waals surface area contributed by atoms with E-state index in [1.54, 1.807) is 0 Å². The molecule has 0 aliphatic carbocycles. The van der Waals surface area contributed by atoms with Crippen molar-refractivity contribution < 1.29 is 0 Å². The summed E-state index contributed by atoms with van der Waals surface area (Å²) in [5.74, 6) is 0. The van der Waals surface area contributed by atoms with Crippen molar-refractivity contribution in [3.8, 4) is 0 Å². The Balaban J connectivity index is 0.000000144. The van der Waals surface area contributed by atoms with Gasteiger partial charge < -0.3 is 4.98 Å². The van der Waals surface area contributed by atoms with Crippen LogP contribution in [0, 0.1) is 0 Å². The average molecular weight is 198 g/mol. The fraction of sp³-hybridized carbons (Fsp3) is 0.154. The standard InChI is InChI=1S/C9H9N.C4H5N/c1-2-6-9-8(4-1)5-3-7-10-9;1-2-4-5-3-1/h1-2,4-6H,3,7H2;1-5H. The second-order valence-electron chi connectivity index (χ2n) is 3.32. The number of H-pyrrole nitrogens is 1. The summed E-state index contributed by atoms with van der Waals surface area (Å²) in [6.07, 6.45) is 7.08. The van der Waals surface area contributed by atoms with E-state index in [9.17, 15) is 0 Å². The molecule has 0 saturated carbocycles. The molecule has 1 aromatic heterocycles. The topological polar surface area (TPSA) is 28.1 Å². The van der Waals surface area contributed by atoms with E-state index in [0.717, 1.165) is 18.3 Å². The Morgan fingerprint density at radius 2 is 1.80 bits per heavy atom. The molecule has 15 heavy (non-hydrogen) atoms. The smallest absolute Gasteiger partial charge is 0.0643 e. The predicted molar refractivity (Wildman–Crippen MR) is 62.0 cm³/mol. The first-order chi connectivity index (χ1) is 7.47. The van der Waals surface area contributed by atoms with Crippen LogP contribution in [0.1, 0.15) is 6.42 Å². The average Bonchev–Trinajstić information content (AvgIpc) is 2.88. The first-order valence-electron chi connectivity index (χ1n) is 5.14. The zero-order valence-corrected chi connectivity index (χ0v) is 8.56. The highest BCUT2D eigenvalue weighted by Gasteiger charge is 1.89. The Bertz CT molecular complexity index is 445. The SMILES string of the molecule is C1=c2ccccc2=NCC1.c1cc[nH]c1. The summed E-state index contributed by atoms with van der Waals surface area (Å²) in [4.78, 5) is 7.22. The molecule has 0 fully saturated rings. The van der Waals surface area contributed by atoms with Crippen LogP contribution in [0.4, 0.5) is 0 Å². The van der Waals surface area contributed by atoms with Gasteiger partial charge in [-0.05, 0) is 29.8 Å². The summed E-state index contributed by atoms with van der Waals surface area (Å²) in [6.45, 7) is 0.955. The number of nitrogens with one attached hydrogen (secondary N) is 1. The number of nitrogens with zero attached hydrogens (tertiary/aromatic N) is 1. The highest BCUT2D eigenvalue weighted by Crippen LogP contribution is 1.85. The molecule has 0 spiro atoms. The molecule has 0 bridgehead atoms. The number of para-hydroxylation sites is 1. The number of hydrogen-bond acceptors (Lipinski definition) is 1. The fourth-order valence-corrected chi connectivity index (χ4v) is 1.49. The highest BCUT2D eigenvalue weighted by atomic mass is 14.7. The monoisotopic (exact) mass is 198 g/mol. The summed E-state index contributed by atoms with van der Waals surface area (Å²) < 4.78 is 0. The summed E-state index contributed by atoms with van der Waals surface area (Å²) in [5, 5.41) is 2.43. The first kappa shape index (κ1) is 9.71. The fourth-order valence-electron chi connectivity index (χ4n) is 1.49. The van der Waals surface area contributed by atoms with Gasteiger partial charge in [0, 0.05) is 18.9 Å². The van der Waals surface area contributed by atoms with Crippen LogP contribution < -0.4 is 10.6 Å². The van der Waals surface area contributed by atoms with Gasteiger partial charge in [0.1, 0.15) is 0 Å². The van der Waals surface area contributed by atoms with Crippen LogP contribution in [0.3, 0.4) is 0 Å². The molecule has 0 unspecified atom stereocenters. The predicted octanol–water partition coefficient (Wildman–Crippen LogP) is 1.51. The van der Waals surface area contributed by atoms with E-state index in [1.807, 2.05) is 30.6 Å². The molecular formula is C13H14N2. The van der Waals surface area contributed by atoms with Crippen LogP contribution in [0.25, 0.3) is 6.08 Å². The minimum Gasteiger partial charge on any atom is -0.368 e. The lowest BCUT2D eigenvalue weighted by Gasteiger charge is -1.96. The van der Waals surface area contributed by atoms with Crippen molar-refractivity contribution in [2.75, 3.05) is 6.54 Å². The molecule has 1 N–H and O–H groups in total. The zero-order valence-electron chi connectivity index (χ0n) is 8.56. The van der Waals surface area contributed by atoms with E-state index < -0.39 is 0 Å². The number of benzene rings is 1. The van der Waals surface area contributed by atoms with Crippen molar-refractivity contribution in [1.82, 2.24) is 4.98 Å². The normalized spacial score (nSPS) is 12.5. The molecule has 2 heteroatoms. The maximum atomic E-state index is 4.36. The van der Waals surface area contributed by atoms with Gasteiger partial charge >= 0.3 is 0 Å². The summed E-state index contributed by atoms with van der Waals surface area (Å²) in [6, 6.07) is 12.1. The molecule has 1 aliphatic rings. The van der Waals surface area contributed by atoms with Crippen LogP contribution in [0.2, 0.25) is 0 Å². The number of aromatic nitrogens is 1. The van der Waals surface area contributed by atoms with Crippen molar-refractivity contribution >= 4 is 6.08 Å². The lowest BCUT2D eigenvalue weighted by Crippen LogP contribution is -2.26. The van der Waals surface area contributed by atoms with E-state index in [2.05, 4.69) is 34.3 Å². The number of hydrogen-bond donors (Lipinski definition) is 1. The lowest BCUT2D eigenvalue weighted by atomic mass is 10.2. The second kappa shape index (κ2) is 5.15. The van der Waals surface area contributed by atoms with Gasteiger partial charge in [-0.15, -0.1) is 0 Å². The number of fused-ring (bicyclic) bond motifs is 1. The number of rotatable bonds is 0. The Morgan fingerprint density at radius 3 is 2.47 bits per heavy atom. The maximum Gasteiger partial charge on any atom is 0.0643 e. The Hall–Kier alpha value is -1.83. The Morgan fingerprint density at radius 1 is 1.00 bits per heavy atom. The van der Waals surface area contributed by atoms with E-state index in [-0.39, 0.29) is 0 Å². The van der Waals surface area contributed by atoms with Gasteiger partial charge in [-0.3, -0.25) is 4.99 Å². The molecule has 0 atom stereocenters. The molecule has 0 saturated heterocycles. The van der Waals surface area contributed by atoms with E-state index >= 15 is 0 Å². The number of aromatic amines is 1. The van der Waals surface area contributed by atoms with Crippen molar-refractivity contribution in [2.45, 2.75) is 6.42 Å². The quantitative estimate of drug-likeness (QED) is 0.664. The largest absolute Gasteiger partial charge is 0.368 e. The minimum atomic E-state index is 0.955. The second-order valence-corrected chi connectivity index (χ2v) is 3.32. The third-order valence-corrected chi connectivity index (χ3v) is 2.21. The third kappa shape index (κ3) is 2.81. The van der Waals surface area contributed by atoms with Crippen molar-refractivity contribution in [1.29, 1.82) is 0 Å². The zero-order chi connectivity index (χ0) is 10.3. The van der Waals surface area contributed by atoms with E-state index in [1.165, 1.54) is 5.22 Å². The summed E-state index contributed by atoms with van der Waals surface area (Å²) in [5.41, 5.74) is 0. The summed E-state index contributed by atoms with van der Waals surface area (Å²) >= 11 is 0. The van der Waals surface area contributed by atoms with Gasteiger partial charge in [-0.25, -0.2) is 0 Å². The van der Waals surface area contributed by atoms with Crippen molar-refractivity contribution in [3.05, 3.63) is 59.4 Å². The Labute approximate surface area is 89.0 Å². The van der Waals surface area contributed by atoms with Crippen molar-refractivity contribution in [3.63, 3.8) is 0 Å². The Kier molecular flexibility index (Phi) is 3.34. The van der Waals surface area contributed by atoms with Crippen LogP contribution in [-0.2, 0) is 0 Å². The molecule has 3 rings (SSSR count). The first-order valence-corrected chi connectivity index (χ1v) is 5.14. The highest BCUT2D eigenvalue weighted by molar-refractivity contribution is 5.25. The molecular weight excluding hydrogens is 184 g/mol. The molecule has 1 aromatic carbocycles. The molecule has 76 valence electrons. The van der Waals surface area contributed by atoms with Gasteiger partial charge in [-0.2, -0.15) is 0 Å². The van der Waals surface area contributed by atoms with Crippen LogP contribution >= 0.6 is 0 Å². The third-order valence-electron chi connectivity index (χ3n) is 2.21.